The minimum absolute atomic E-state index is 0.244. The summed E-state index contributed by atoms with van der Waals surface area (Å²) >= 11 is 0. The van der Waals surface area contributed by atoms with Gasteiger partial charge in [0, 0.05) is 6.20 Å². The lowest BCUT2D eigenvalue weighted by Crippen LogP contribution is -2.12. The van der Waals surface area contributed by atoms with E-state index < -0.39 is 5.97 Å². The van der Waals surface area contributed by atoms with Crippen LogP contribution in [0.4, 0.5) is 10.1 Å². The number of carbonyl (C=O) groups excluding carboxylic acids is 1. The predicted octanol–water partition coefficient (Wildman–Crippen LogP) is 4.32. The van der Waals surface area contributed by atoms with Crippen LogP contribution in [0.25, 0.3) is 0 Å². The summed E-state index contributed by atoms with van der Waals surface area (Å²) in [6.07, 6.45) is 3.95. The highest BCUT2D eigenvalue weighted by molar-refractivity contribution is 5.94. The van der Waals surface area contributed by atoms with Crippen LogP contribution in [0.1, 0.15) is 42.4 Å². The molecule has 5 heteroatoms. The first-order valence-electron chi connectivity index (χ1n) is 7.80. The van der Waals surface area contributed by atoms with Gasteiger partial charge >= 0.3 is 5.97 Å². The van der Waals surface area contributed by atoms with Gasteiger partial charge in [-0.3, -0.25) is 0 Å². The van der Waals surface area contributed by atoms with Crippen molar-refractivity contribution in [3.05, 3.63) is 70.9 Å². The quantitative estimate of drug-likeness (QED) is 0.802. The standard InChI is InChI=1S/C19H21FN2O2/c1-4-24-19(23)18-17(22-12-13(2)3)15(9-10-21-18)11-14-5-7-16(20)8-6-14/h5-10,12,22H,4,11H2,1-3H3. The number of hydrogen-bond acceptors (Lipinski definition) is 4. The van der Waals surface area contributed by atoms with E-state index in [1.807, 2.05) is 26.1 Å². The van der Waals surface area contributed by atoms with Gasteiger partial charge < -0.3 is 10.1 Å². The Balaban J connectivity index is 2.41. The van der Waals surface area contributed by atoms with Crippen molar-refractivity contribution in [2.75, 3.05) is 11.9 Å². The molecule has 126 valence electrons. The van der Waals surface area contributed by atoms with Crippen LogP contribution in [-0.2, 0) is 11.2 Å². The molecule has 0 fully saturated rings. The van der Waals surface area contributed by atoms with E-state index in [1.54, 1.807) is 25.3 Å². The molecule has 0 radical (unpaired) electrons. The monoisotopic (exact) mass is 328 g/mol. The number of hydrogen-bond donors (Lipinski definition) is 1. The molecule has 1 heterocycles. The SMILES string of the molecule is CCOC(=O)c1nccc(Cc2ccc(F)cc2)c1NC=C(C)C. The number of aromatic nitrogens is 1. The maximum absolute atomic E-state index is 13.1. The van der Waals surface area contributed by atoms with Crippen LogP contribution in [-0.4, -0.2) is 17.6 Å². The molecule has 1 aromatic carbocycles. The number of halogens is 1. The van der Waals surface area contributed by atoms with Crippen LogP contribution in [0.15, 0.2) is 48.3 Å². The number of benzene rings is 1. The van der Waals surface area contributed by atoms with Gasteiger partial charge in [0.25, 0.3) is 0 Å². The molecule has 0 saturated carbocycles. The Morgan fingerprint density at radius 3 is 2.58 bits per heavy atom. The van der Waals surface area contributed by atoms with Crippen LogP contribution in [0.2, 0.25) is 0 Å². The van der Waals surface area contributed by atoms with Crippen molar-refractivity contribution >= 4 is 11.7 Å². The normalized spacial score (nSPS) is 10.2. The Labute approximate surface area is 141 Å². The molecular formula is C19H21FN2O2. The topological polar surface area (TPSA) is 51.2 Å². The van der Waals surface area contributed by atoms with Crippen molar-refractivity contribution in [3.63, 3.8) is 0 Å². The summed E-state index contributed by atoms with van der Waals surface area (Å²) in [5.74, 6) is -0.744. The van der Waals surface area contributed by atoms with Crippen LogP contribution in [0, 0.1) is 5.82 Å². The molecule has 0 atom stereocenters. The van der Waals surface area contributed by atoms with Crippen molar-refractivity contribution in [3.8, 4) is 0 Å². The predicted molar refractivity (Wildman–Crippen MR) is 92.5 cm³/mol. The molecule has 4 nitrogen and oxygen atoms in total. The molecular weight excluding hydrogens is 307 g/mol. The lowest BCUT2D eigenvalue weighted by atomic mass is 10.0. The Hall–Kier alpha value is -2.69. The second-order valence-electron chi connectivity index (χ2n) is 5.58. The molecule has 0 saturated heterocycles. The van der Waals surface area contributed by atoms with Crippen molar-refractivity contribution in [1.82, 2.24) is 4.98 Å². The number of esters is 1. The van der Waals surface area contributed by atoms with Gasteiger partial charge in [0.15, 0.2) is 5.69 Å². The van der Waals surface area contributed by atoms with Crippen molar-refractivity contribution in [2.24, 2.45) is 0 Å². The minimum atomic E-state index is -0.469. The summed E-state index contributed by atoms with van der Waals surface area (Å²) in [7, 11) is 0. The number of ether oxygens (including phenoxy) is 1. The zero-order chi connectivity index (χ0) is 17.5. The van der Waals surface area contributed by atoms with Crippen LogP contribution >= 0.6 is 0 Å². The van der Waals surface area contributed by atoms with E-state index >= 15 is 0 Å². The van der Waals surface area contributed by atoms with Crippen molar-refractivity contribution < 1.29 is 13.9 Å². The van der Waals surface area contributed by atoms with Crippen LogP contribution in [0.5, 0.6) is 0 Å². The Bertz CT molecular complexity index is 736. The van der Waals surface area contributed by atoms with Crippen molar-refractivity contribution in [1.29, 1.82) is 0 Å². The highest BCUT2D eigenvalue weighted by atomic mass is 19.1. The Morgan fingerprint density at radius 2 is 1.96 bits per heavy atom. The van der Waals surface area contributed by atoms with Gasteiger partial charge in [-0.05, 0) is 62.7 Å². The molecule has 0 spiro atoms. The Morgan fingerprint density at radius 1 is 1.25 bits per heavy atom. The van der Waals surface area contributed by atoms with Gasteiger partial charge in [-0.1, -0.05) is 17.7 Å². The average Bonchev–Trinajstić information content (AvgIpc) is 2.55. The fourth-order valence-electron chi connectivity index (χ4n) is 2.20. The number of pyridine rings is 1. The van der Waals surface area contributed by atoms with Gasteiger partial charge in [-0.25, -0.2) is 14.2 Å². The van der Waals surface area contributed by atoms with Gasteiger partial charge in [-0.15, -0.1) is 0 Å². The third-order valence-electron chi connectivity index (χ3n) is 3.32. The third-order valence-corrected chi connectivity index (χ3v) is 3.32. The molecule has 1 N–H and O–H groups in total. The first-order chi connectivity index (χ1) is 11.5. The zero-order valence-corrected chi connectivity index (χ0v) is 14.1. The summed E-state index contributed by atoms with van der Waals surface area (Å²) in [6.45, 7) is 5.94. The molecule has 1 aromatic heterocycles. The number of nitrogens with one attached hydrogen (secondary N) is 1. The summed E-state index contributed by atoms with van der Waals surface area (Å²) < 4.78 is 18.2. The van der Waals surface area contributed by atoms with Gasteiger partial charge in [0.1, 0.15) is 5.82 Å². The Kier molecular flexibility index (Phi) is 6.07. The van der Waals surface area contributed by atoms with Crippen LogP contribution < -0.4 is 5.32 Å². The van der Waals surface area contributed by atoms with Gasteiger partial charge in [0.2, 0.25) is 0 Å². The molecule has 0 bridgehead atoms. The molecule has 0 unspecified atom stereocenters. The summed E-state index contributed by atoms with van der Waals surface area (Å²) in [5, 5.41) is 3.15. The van der Waals surface area contributed by atoms with E-state index in [9.17, 15) is 9.18 Å². The first-order valence-corrected chi connectivity index (χ1v) is 7.80. The molecule has 2 rings (SSSR count). The molecule has 0 amide bonds. The van der Waals surface area contributed by atoms with Crippen molar-refractivity contribution in [2.45, 2.75) is 27.2 Å². The smallest absolute Gasteiger partial charge is 0.359 e. The number of carbonyl (C=O) groups is 1. The second-order valence-corrected chi connectivity index (χ2v) is 5.58. The third kappa shape index (κ3) is 4.65. The molecule has 2 aromatic rings. The molecule has 0 aliphatic rings. The van der Waals surface area contributed by atoms with E-state index in [0.29, 0.717) is 12.1 Å². The summed E-state index contributed by atoms with van der Waals surface area (Å²) in [5.41, 5.74) is 3.74. The zero-order valence-electron chi connectivity index (χ0n) is 14.1. The van der Waals surface area contributed by atoms with Gasteiger partial charge in [-0.2, -0.15) is 0 Å². The highest BCUT2D eigenvalue weighted by Crippen LogP contribution is 2.24. The van der Waals surface area contributed by atoms with Gasteiger partial charge in [0.05, 0.1) is 12.3 Å². The molecule has 0 aliphatic carbocycles. The van der Waals surface area contributed by atoms with E-state index in [0.717, 1.165) is 16.7 Å². The summed E-state index contributed by atoms with van der Waals surface area (Å²) in [6, 6.07) is 8.14. The highest BCUT2D eigenvalue weighted by Gasteiger charge is 2.17. The fourth-order valence-corrected chi connectivity index (χ4v) is 2.20. The fraction of sp³-hybridized carbons (Fsp3) is 0.263. The average molecular weight is 328 g/mol. The lowest BCUT2D eigenvalue weighted by Gasteiger charge is -2.14. The maximum Gasteiger partial charge on any atom is 0.359 e. The lowest BCUT2D eigenvalue weighted by molar-refractivity contribution is 0.0520. The van der Waals surface area contributed by atoms with Crippen LogP contribution in [0.3, 0.4) is 0 Å². The number of nitrogens with zero attached hydrogens (tertiary/aromatic N) is 1. The first kappa shape index (κ1) is 17.7. The molecule has 0 aliphatic heterocycles. The van der Waals surface area contributed by atoms with E-state index in [2.05, 4.69) is 10.3 Å². The van der Waals surface area contributed by atoms with E-state index in [4.69, 9.17) is 4.74 Å². The number of anilines is 1. The number of allylic oxidation sites excluding steroid dienone is 1. The molecule has 24 heavy (non-hydrogen) atoms. The minimum Gasteiger partial charge on any atom is -0.461 e. The maximum atomic E-state index is 13.1. The largest absolute Gasteiger partial charge is 0.461 e. The number of rotatable bonds is 6. The van der Waals surface area contributed by atoms with E-state index in [1.165, 1.54) is 12.1 Å². The second kappa shape index (κ2) is 8.24. The van der Waals surface area contributed by atoms with E-state index in [-0.39, 0.29) is 18.1 Å². The summed E-state index contributed by atoms with van der Waals surface area (Å²) in [4.78, 5) is 16.3.